The molecule has 1 aliphatic rings. The van der Waals surface area contributed by atoms with Gasteiger partial charge in [-0.3, -0.25) is 4.39 Å². The van der Waals surface area contributed by atoms with Crippen LogP contribution < -0.4 is 0 Å². The molecule has 1 saturated carbocycles. The highest BCUT2D eigenvalue weighted by Crippen LogP contribution is 2.64. The van der Waals surface area contributed by atoms with E-state index in [-0.39, 0.29) is 12.1 Å². The molecule has 0 heterocycles. The minimum atomic E-state index is -0.0941. The maximum absolute atomic E-state index is 13.4. The number of alkyl halides is 1. The molecule has 0 radical (unpaired) electrons. The van der Waals surface area contributed by atoms with Gasteiger partial charge in [-0.25, -0.2) is 0 Å². The summed E-state index contributed by atoms with van der Waals surface area (Å²) >= 11 is 0. The Bertz CT molecular complexity index is 273. The van der Waals surface area contributed by atoms with Crippen molar-refractivity contribution in [2.24, 2.45) is 35.0 Å². The normalized spacial score (nSPS) is 32.4. The Balaban J connectivity index is 2.31. The first kappa shape index (κ1) is 18.0. The van der Waals surface area contributed by atoms with Gasteiger partial charge in [0.05, 0.1) is 6.67 Å². The summed E-state index contributed by atoms with van der Waals surface area (Å²) in [5.74, 6) is 3.69. The Morgan fingerprint density at radius 3 is 2.15 bits per heavy atom. The molecule has 0 saturated heterocycles. The van der Waals surface area contributed by atoms with Gasteiger partial charge in [0, 0.05) is 5.41 Å². The quantitative estimate of drug-likeness (QED) is 0.429. The second kappa shape index (κ2) is 7.80. The van der Waals surface area contributed by atoms with Crippen LogP contribution in [-0.2, 0) is 0 Å². The molecular formula is C19H37F. The van der Waals surface area contributed by atoms with Crippen LogP contribution in [0.1, 0.15) is 80.1 Å². The van der Waals surface area contributed by atoms with Crippen molar-refractivity contribution in [2.75, 3.05) is 6.67 Å². The van der Waals surface area contributed by atoms with Crippen LogP contribution in [0.3, 0.4) is 0 Å². The van der Waals surface area contributed by atoms with Gasteiger partial charge < -0.3 is 0 Å². The monoisotopic (exact) mass is 284 g/mol. The SMILES string of the molecule is CCCC1(CF)C(C)C1CC(C)CCC(C)CC(C)C. The topological polar surface area (TPSA) is 0 Å². The molecule has 1 rings (SSSR count). The molecule has 0 nitrogen and oxygen atoms in total. The van der Waals surface area contributed by atoms with Gasteiger partial charge in [-0.05, 0) is 48.9 Å². The molecular weight excluding hydrogens is 247 g/mol. The lowest BCUT2D eigenvalue weighted by Gasteiger charge is -2.18. The fourth-order valence-electron chi connectivity index (χ4n) is 4.45. The molecule has 5 atom stereocenters. The number of hydrogen-bond donors (Lipinski definition) is 0. The van der Waals surface area contributed by atoms with Crippen molar-refractivity contribution >= 4 is 0 Å². The van der Waals surface area contributed by atoms with E-state index < -0.39 is 0 Å². The molecule has 0 N–H and O–H groups in total. The lowest BCUT2D eigenvalue weighted by molar-refractivity contribution is 0.267. The third-order valence-corrected chi connectivity index (χ3v) is 5.79. The van der Waals surface area contributed by atoms with Crippen molar-refractivity contribution in [1.29, 1.82) is 0 Å². The molecule has 5 unspecified atom stereocenters. The highest BCUT2D eigenvalue weighted by atomic mass is 19.1. The predicted octanol–water partition coefficient (Wildman–Crippen LogP) is 6.50. The van der Waals surface area contributed by atoms with Crippen LogP contribution in [0, 0.1) is 35.0 Å². The number of rotatable bonds is 10. The van der Waals surface area contributed by atoms with E-state index in [0.29, 0.717) is 11.8 Å². The average molecular weight is 285 g/mol. The summed E-state index contributed by atoms with van der Waals surface area (Å²) in [4.78, 5) is 0. The van der Waals surface area contributed by atoms with Gasteiger partial charge in [0.25, 0.3) is 0 Å². The van der Waals surface area contributed by atoms with E-state index in [9.17, 15) is 4.39 Å². The van der Waals surface area contributed by atoms with Crippen LogP contribution in [0.4, 0.5) is 4.39 Å². The van der Waals surface area contributed by atoms with Crippen molar-refractivity contribution in [3.05, 3.63) is 0 Å². The number of hydrogen-bond acceptors (Lipinski definition) is 0. The Morgan fingerprint density at radius 1 is 1.05 bits per heavy atom. The molecule has 1 heteroatoms. The number of halogens is 1. The van der Waals surface area contributed by atoms with Crippen molar-refractivity contribution in [2.45, 2.75) is 80.1 Å². The van der Waals surface area contributed by atoms with Gasteiger partial charge in [0.1, 0.15) is 0 Å². The van der Waals surface area contributed by atoms with E-state index in [1.54, 1.807) is 0 Å². The van der Waals surface area contributed by atoms with E-state index in [0.717, 1.165) is 30.6 Å². The molecule has 0 bridgehead atoms. The molecule has 0 amide bonds. The van der Waals surface area contributed by atoms with E-state index >= 15 is 0 Å². The molecule has 0 aromatic heterocycles. The van der Waals surface area contributed by atoms with Crippen molar-refractivity contribution in [1.82, 2.24) is 0 Å². The minimum absolute atomic E-state index is 0.0621. The van der Waals surface area contributed by atoms with Gasteiger partial charge in [-0.1, -0.05) is 60.8 Å². The lowest BCUT2D eigenvalue weighted by Crippen LogP contribution is -2.10. The Hall–Kier alpha value is -0.0700. The molecule has 1 aliphatic carbocycles. The zero-order chi connectivity index (χ0) is 15.3. The second-order valence-corrected chi connectivity index (χ2v) is 8.16. The minimum Gasteiger partial charge on any atom is -0.250 e. The smallest absolute Gasteiger partial charge is 0.0956 e. The molecule has 0 aromatic rings. The van der Waals surface area contributed by atoms with Gasteiger partial charge in [-0.15, -0.1) is 0 Å². The zero-order valence-corrected chi connectivity index (χ0v) is 14.7. The van der Waals surface area contributed by atoms with Crippen LogP contribution in [0.5, 0.6) is 0 Å². The molecule has 20 heavy (non-hydrogen) atoms. The van der Waals surface area contributed by atoms with E-state index in [4.69, 9.17) is 0 Å². The first-order chi connectivity index (χ1) is 9.37. The van der Waals surface area contributed by atoms with E-state index in [1.807, 2.05) is 0 Å². The summed E-state index contributed by atoms with van der Waals surface area (Å²) in [6, 6.07) is 0. The van der Waals surface area contributed by atoms with Crippen LogP contribution in [-0.4, -0.2) is 6.67 Å². The lowest BCUT2D eigenvalue weighted by atomic mass is 9.88. The van der Waals surface area contributed by atoms with Gasteiger partial charge >= 0.3 is 0 Å². The maximum Gasteiger partial charge on any atom is 0.0956 e. The molecule has 120 valence electrons. The summed E-state index contributed by atoms with van der Waals surface area (Å²) in [6.45, 7) is 13.8. The highest BCUT2D eigenvalue weighted by molar-refractivity contribution is 5.08. The van der Waals surface area contributed by atoms with Gasteiger partial charge in [0.2, 0.25) is 0 Å². The van der Waals surface area contributed by atoms with Gasteiger partial charge in [0.15, 0.2) is 0 Å². The zero-order valence-electron chi connectivity index (χ0n) is 14.7. The largest absolute Gasteiger partial charge is 0.250 e. The molecule has 0 spiro atoms. The highest BCUT2D eigenvalue weighted by Gasteiger charge is 2.60. The molecule has 0 aliphatic heterocycles. The standard InChI is InChI=1S/C19H37F/c1-7-10-19(13-20)17(6)18(19)12-16(5)9-8-15(4)11-14(2)3/h14-18H,7-13H2,1-6H3. The maximum atomic E-state index is 13.4. The Morgan fingerprint density at radius 2 is 1.65 bits per heavy atom. The average Bonchev–Trinajstić information content (AvgIpc) is 2.91. The van der Waals surface area contributed by atoms with Crippen LogP contribution in [0.15, 0.2) is 0 Å². The van der Waals surface area contributed by atoms with Crippen molar-refractivity contribution < 1.29 is 4.39 Å². The fraction of sp³-hybridized carbons (Fsp3) is 1.00. The summed E-state index contributed by atoms with van der Waals surface area (Å²) in [5, 5.41) is 0. The van der Waals surface area contributed by atoms with E-state index in [1.165, 1.54) is 25.7 Å². The third-order valence-electron chi connectivity index (χ3n) is 5.79. The fourth-order valence-corrected chi connectivity index (χ4v) is 4.45. The van der Waals surface area contributed by atoms with E-state index in [2.05, 4.69) is 41.5 Å². The summed E-state index contributed by atoms with van der Waals surface area (Å²) in [6.07, 6.45) is 7.48. The molecule has 1 fully saturated rings. The molecule has 0 aromatic carbocycles. The summed E-state index contributed by atoms with van der Waals surface area (Å²) in [7, 11) is 0. The van der Waals surface area contributed by atoms with Crippen LogP contribution in [0.25, 0.3) is 0 Å². The van der Waals surface area contributed by atoms with Crippen LogP contribution >= 0.6 is 0 Å². The summed E-state index contributed by atoms with van der Waals surface area (Å²) in [5.41, 5.74) is 0.0621. The van der Waals surface area contributed by atoms with Crippen molar-refractivity contribution in [3.63, 3.8) is 0 Å². The van der Waals surface area contributed by atoms with Crippen molar-refractivity contribution in [3.8, 4) is 0 Å². The van der Waals surface area contributed by atoms with Crippen LogP contribution in [0.2, 0.25) is 0 Å². The predicted molar refractivity (Wildman–Crippen MR) is 87.6 cm³/mol. The second-order valence-electron chi connectivity index (χ2n) is 8.16. The van der Waals surface area contributed by atoms with Gasteiger partial charge in [-0.2, -0.15) is 0 Å². The third kappa shape index (κ3) is 4.46. The Labute approximate surface area is 126 Å². The first-order valence-corrected chi connectivity index (χ1v) is 8.93. The summed E-state index contributed by atoms with van der Waals surface area (Å²) < 4.78 is 13.4. The first-order valence-electron chi connectivity index (χ1n) is 8.93. The Kier molecular flexibility index (Phi) is 7.01.